The predicted molar refractivity (Wildman–Crippen MR) is 80.8 cm³/mol. The molecule has 3 rings (SSSR count). The average molecular weight is 263 g/mol. The second-order valence-electron chi connectivity index (χ2n) is 5.31. The Labute approximate surface area is 119 Å². The van der Waals surface area contributed by atoms with Crippen LogP contribution in [0, 0.1) is 0 Å². The summed E-state index contributed by atoms with van der Waals surface area (Å²) in [6, 6.07) is 18.1. The quantitative estimate of drug-likeness (QED) is 0.773. The third kappa shape index (κ3) is 2.03. The van der Waals surface area contributed by atoms with Crippen molar-refractivity contribution >= 4 is 5.78 Å². The highest BCUT2D eigenvalue weighted by Crippen LogP contribution is 2.41. The van der Waals surface area contributed by atoms with Gasteiger partial charge in [-0.25, -0.2) is 0 Å². The van der Waals surface area contributed by atoms with E-state index in [4.69, 9.17) is 0 Å². The number of allylic oxidation sites excluding steroid dienone is 1. The van der Waals surface area contributed by atoms with Crippen LogP contribution >= 0.6 is 0 Å². The van der Waals surface area contributed by atoms with E-state index in [1.807, 2.05) is 61.6 Å². The van der Waals surface area contributed by atoms with Crippen LogP contribution in [0.2, 0.25) is 0 Å². The van der Waals surface area contributed by atoms with Gasteiger partial charge in [-0.1, -0.05) is 54.6 Å². The zero-order valence-electron chi connectivity index (χ0n) is 11.7. The van der Waals surface area contributed by atoms with Crippen LogP contribution in [0.5, 0.6) is 0 Å². The van der Waals surface area contributed by atoms with Crippen molar-refractivity contribution in [2.24, 2.45) is 0 Å². The Kier molecular flexibility index (Phi) is 3.15. The molecule has 2 heteroatoms. The lowest BCUT2D eigenvalue weighted by Crippen LogP contribution is -2.09. The van der Waals surface area contributed by atoms with E-state index < -0.39 is 0 Å². The van der Waals surface area contributed by atoms with Crippen molar-refractivity contribution in [3.05, 3.63) is 83.1 Å². The molecule has 0 fully saturated rings. The lowest BCUT2D eigenvalue weighted by Gasteiger charge is -2.15. The molecule has 0 N–H and O–H groups in total. The molecule has 1 aliphatic rings. The number of carbonyl (C=O) groups is 1. The minimum atomic E-state index is 0.0438. The van der Waals surface area contributed by atoms with Crippen LogP contribution in [0.1, 0.15) is 27.4 Å². The highest BCUT2D eigenvalue weighted by molar-refractivity contribution is 6.14. The standard InChI is InChI=1S/C18H17NO/c1-19(2)12-16-17(13-8-4-3-5-9-13)14-10-6-7-11-15(14)18(16)20/h3-12,17H,1-2H3. The molecular weight excluding hydrogens is 246 g/mol. The van der Waals surface area contributed by atoms with E-state index in [1.165, 1.54) is 5.56 Å². The van der Waals surface area contributed by atoms with Gasteiger partial charge in [-0.15, -0.1) is 0 Å². The molecule has 0 saturated carbocycles. The fraction of sp³-hybridized carbons (Fsp3) is 0.167. The van der Waals surface area contributed by atoms with Gasteiger partial charge in [0, 0.05) is 37.3 Å². The molecule has 100 valence electrons. The van der Waals surface area contributed by atoms with Gasteiger partial charge in [-0.2, -0.15) is 0 Å². The average Bonchev–Trinajstić information content (AvgIpc) is 2.73. The zero-order chi connectivity index (χ0) is 14.1. The molecule has 2 aromatic rings. The van der Waals surface area contributed by atoms with Gasteiger partial charge >= 0.3 is 0 Å². The van der Waals surface area contributed by atoms with Gasteiger partial charge in [0.1, 0.15) is 0 Å². The third-order valence-electron chi connectivity index (χ3n) is 3.62. The second kappa shape index (κ2) is 4.97. The molecule has 2 aromatic carbocycles. The van der Waals surface area contributed by atoms with Crippen molar-refractivity contribution in [2.45, 2.75) is 5.92 Å². The van der Waals surface area contributed by atoms with Gasteiger partial charge in [0.05, 0.1) is 0 Å². The smallest absolute Gasteiger partial charge is 0.191 e. The van der Waals surface area contributed by atoms with Gasteiger partial charge in [-0.3, -0.25) is 4.79 Å². The van der Waals surface area contributed by atoms with Crippen LogP contribution in [0.25, 0.3) is 0 Å². The van der Waals surface area contributed by atoms with Crippen molar-refractivity contribution in [1.29, 1.82) is 0 Å². The summed E-state index contributed by atoms with van der Waals surface area (Å²) in [5.74, 6) is 0.186. The monoisotopic (exact) mass is 263 g/mol. The van der Waals surface area contributed by atoms with Crippen LogP contribution in [0.15, 0.2) is 66.4 Å². The Bertz CT molecular complexity index is 671. The maximum absolute atomic E-state index is 12.6. The molecule has 0 saturated heterocycles. The summed E-state index contributed by atoms with van der Waals surface area (Å²) in [6.45, 7) is 0. The topological polar surface area (TPSA) is 20.3 Å². The summed E-state index contributed by atoms with van der Waals surface area (Å²) >= 11 is 0. The van der Waals surface area contributed by atoms with E-state index >= 15 is 0 Å². The molecule has 0 aromatic heterocycles. The number of ketones is 1. The van der Waals surface area contributed by atoms with Gasteiger partial charge in [0.2, 0.25) is 0 Å². The van der Waals surface area contributed by atoms with Crippen molar-refractivity contribution in [1.82, 2.24) is 4.90 Å². The Morgan fingerprint density at radius 2 is 1.60 bits per heavy atom. The van der Waals surface area contributed by atoms with Crippen molar-refractivity contribution in [2.75, 3.05) is 14.1 Å². The molecule has 0 aliphatic heterocycles. The predicted octanol–water partition coefficient (Wildman–Crippen LogP) is 3.46. The van der Waals surface area contributed by atoms with E-state index in [0.717, 1.165) is 16.7 Å². The number of Topliss-reactive ketones (excluding diaryl/α,β-unsaturated/α-hetero) is 1. The SMILES string of the molecule is CN(C)C=C1C(=O)c2ccccc2C1c1ccccc1. The molecule has 2 nitrogen and oxygen atoms in total. The Morgan fingerprint density at radius 3 is 2.30 bits per heavy atom. The van der Waals surface area contributed by atoms with Crippen LogP contribution < -0.4 is 0 Å². The zero-order valence-corrected chi connectivity index (χ0v) is 11.7. The lowest BCUT2D eigenvalue weighted by molar-refractivity contribution is 0.103. The number of fused-ring (bicyclic) bond motifs is 1. The summed E-state index contributed by atoms with van der Waals surface area (Å²) in [5.41, 5.74) is 3.95. The Balaban J connectivity index is 2.20. The van der Waals surface area contributed by atoms with Crippen molar-refractivity contribution in [3.63, 3.8) is 0 Å². The number of rotatable bonds is 2. The molecule has 1 unspecified atom stereocenters. The summed E-state index contributed by atoms with van der Waals surface area (Å²) in [5, 5.41) is 0. The number of benzene rings is 2. The van der Waals surface area contributed by atoms with E-state index in [9.17, 15) is 4.79 Å². The molecule has 0 amide bonds. The van der Waals surface area contributed by atoms with Gasteiger partial charge < -0.3 is 4.90 Å². The highest BCUT2D eigenvalue weighted by atomic mass is 16.1. The fourth-order valence-electron chi connectivity index (χ4n) is 2.83. The maximum Gasteiger partial charge on any atom is 0.191 e. The van der Waals surface area contributed by atoms with E-state index in [0.29, 0.717) is 0 Å². The van der Waals surface area contributed by atoms with E-state index in [1.54, 1.807) is 0 Å². The first-order chi connectivity index (χ1) is 9.68. The van der Waals surface area contributed by atoms with Crippen LogP contribution in [0.3, 0.4) is 0 Å². The maximum atomic E-state index is 12.6. The second-order valence-corrected chi connectivity index (χ2v) is 5.31. The van der Waals surface area contributed by atoms with Crippen LogP contribution in [-0.4, -0.2) is 24.8 Å². The molecule has 1 aliphatic carbocycles. The number of hydrogen-bond acceptors (Lipinski definition) is 2. The molecule has 0 heterocycles. The molecule has 1 atom stereocenters. The summed E-state index contributed by atoms with van der Waals surface area (Å²) in [7, 11) is 3.90. The Morgan fingerprint density at radius 1 is 0.950 bits per heavy atom. The van der Waals surface area contributed by atoms with Gasteiger partial charge in [0.25, 0.3) is 0 Å². The fourth-order valence-corrected chi connectivity index (χ4v) is 2.83. The van der Waals surface area contributed by atoms with Crippen molar-refractivity contribution in [3.8, 4) is 0 Å². The van der Waals surface area contributed by atoms with Gasteiger partial charge in [0.15, 0.2) is 5.78 Å². The van der Waals surface area contributed by atoms with Crippen LogP contribution in [0.4, 0.5) is 0 Å². The molecule has 0 bridgehead atoms. The minimum absolute atomic E-state index is 0.0438. The molecule has 0 radical (unpaired) electrons. The van der Waals surface area contributed by atoms with Crippen LogP contribution in [-0.2, 0) is 0 Å². The first-order valence-corrected chi connectivity index (χ1v) is 6.75. The van der Waals surface area contributed by atoms with Crippen molar-refractivity contribution < 1.29 is 4.79 Å². The first-order valence-electron chi connectivity index (χ1n) is 6.75. The summed E-state index contributed by atoms with van der Waals surface area (Å²) in [6.07, 6.45) is 1.94. The molecule has 0 spiro atoms. The Hall–Kier alpha value is -2.35. The molecular formula is C18H17NO. The lowest BCUT2D eigenvalue weighted by atomic mass is 9.90. The number of carbonyl (C=O) groups excluding carboxylic acids is 1. The third-order valence-corrected chi connectivity index (χ3v) is 3.62. The highest BCUT2D eigenvalue weighted by Gasteiger charge is 2.35. The number of nitrogens with zero attached hydrogens (tertiary/aromatic N) is 1. The van der Waals surface area contributed by atoms with E-state index in [2.05, 4.69) is 18.2 Å². The normalized spacial score (nSPS) is 19.2. The first kappa shape index (κ1) is 12.7. The van der Waals surface area contributed by atoms with E-state index in [-0.39, 0.29) is 11.7 Å². The van der Waals surface area contributed by atoms with Gasteiger partial charge in [-0.05, 0) is 11.1 Å². The number of hydrogen-bond donors (Lipinski definition) is 0. The molecule has 20 heavy (non-hydrogen) atoms. The summed E-state index contributed by atoms with van der Waals surface area (Å²) < 4.78 is 0. The summed E-state index contributed by atoms with van der Waals surface area (Å²) in [4.78, 5) is 14.6. The minimum Gasteiger partial charge on any atom is -0.383 e. The largest absolute Gasteiger partial charge is 0.383 e.